The van der Waals surface area contributed by atoms with Gasteiger partial charge >= 0.3 is 0 Å². The van der Waals surface area contributed by atoms with Crippen LogP contribution in [0.15, 0.2) is 0 Å². The lowest BCUT2D eigenvalue weighted by molar-refractivity contribution is -0.129. The molecule has 1 saturated heterocycles. The highest BCUT2D eigenvalue weighted by Crippen LogP contribution is 2.10. The van der Waals surface area contributed by atoms with Crippen molar-refractivity contribution in [2.45, 2.75) is 39.2 Å². The van der Waals surface area contributed by atoms with E-state index in [1.54, 1.807) is 6.92 Å². The Labute approximate surface area is 84.7 Å². The van der Waals surface area contributed by atoms with Crippen LogP contribution in [0.5, 0.6) is 0 Å². The topological polar surface area (TPSA) is 49.4 Å². The van der Waals surface area contributed by atoms with E-state index in [0.717, 1.165) is 25.8 Å². The summed E-state index contributed by atoms with van der Waals surface area (Å²) >= 11 is 0. The molecule has 0 aromatic carbocycles. The number of nitrogens with one attached hydrogen (secondary N) is 1. The Morgan fingerprint density at radius 2 is 2.00 bits per heavy atom. The van der Waals surface area contributed by atoms with Gasteiger partial charge in [-0.25, -0.2) is 0 Å². The molecule has 0 saturated carbocycles. The smallest absolute Gasteiger partial charge is 0.219 e. The van der Waals surface area contributed by atoms with Crippen molar-refractivity contribution in [3.63, 3.8) is 0 Å². The molecule has 0 spiro atoms. The highest BCUT2D eigenvalue weighted by atomic mass is 16.2. The number of amides is 2. The molecule has 1 unspecified atom stereocenters. The van der Waals surface area contributed by atoms with Crippen LogP contribution in [0.25, 0.3) is 0 Å². The van der Waals surface area contributed by atoms with E-state index in [4.69, 9.17) is 0 Å². The fraction of sp³-hybridized carbons (Fsp3) is 0.800. The van der Waals surface area contributed by atoms with Crippen LogP contribution in [0.3, 0.4) is 0 Å². The van der Waals surface area contributed by atoms with Gasteiger partial charge in [0.05, 0.1) is 0 Å². The summed E-state index contributed by atoms with van der Waals surface area (Å²) in [6.07, 6.45) is 3.09. The molecule has 14 heavy (non-hydrogen) atoms. The Morgan fingerprint density at radius 3 is 2.57 bits per heavy atom. The van der Waals surface area contributed by atoms with Gasteiger partial charge in [0.1, 0.15) is 0 Å². The van der Waals surface area contributed by atoms with Gasteiger partial charge in [0, 0.05) is 33.0 Å². The third-order valence-electron chi connectivity index (χ3n) is 2.52. The normalized spacial score (nSPS) is 22.7. The van der Waals surface area contributed by atoms with Gasteiger partial charge in [-0.15, -0.1) is 0 Å². The first-order valence-electron chi connectivity index (χ1n) is 5.12. The van der Waals surface area contributed by atoms with E-state index in [9.17, 15) is 9.59 Å². The summed E-state index contributed by atoms with van der Waals surface area (Å²) in [5.41, 5.74) is 0. The molecule has 1 atom stereocenters. The van der Waals surface area contributed by atoms with Crippen LogP contribution >= 0.6 is 0 Å². The lowest BCUT2D eigenvalue weighted by atomic mass is 10.1. The Balaban J connectivity index is 2.51. The molecule has 4 nitrogen and oxygen atoms in total. The van der Waals surface area contributed by atoms with Crippen LogP contribution in [0.4, 0.5) is 0 Å². The largest absolute Gasteiger partial charge is 0.352 e. The van der Waals surface area contributed by atoms with Gasteiger partial charge in [0.15, 0.2) is 0 Å². The van der Waals surface area contributed by atoms with Crippen LogP contribution in [-0.2, 0) is 9.59 Å². The molecule has 1 N–H and O–H groups in total. The molecular formula is C10H18N2O2. The minimum absolute atomic E-state index is 0.0135. The number of hydrogen-bond acceptors (Lipinski definition) is 2. The lowest BCUT2D eigenvalue weighted by Gasteiger charge is -2.23. The average Bonchev–Trinajstić information content (AvgIpc) is 2.28. The molecule has 0 aromatic rings. The summed E-state index contributed by atoms with van der Waals surface area (Å²) in [4.78, 5) is 23.9. The van der Waals surface area contributed by atoms with E-state index >= 15 is 0 Å². The molecule has 0 bridgehead atoms. The zero-order chi connectivity index (χ0) is 10.6. The van der Waals surface area contributed by atoms with E-state index in [1.807, 2.05) is 4.90 Å². The molecule has 2 amide bonds. The second kappa shape index (κ2) is 4.98. The number of hydrogen-bond donors (Lipinski definition) is 1. The molecule has 0 radical (unpaired) electrons. The fourth-order valence-corrected chi connectivity index (χ4v) is 1.83. The van der Waals surface area contributed by atoms with Crippen molar-refractivity contribution in [2.75, 3.05) is 13.1 Å². The summed E-state index contributed by atoms with van der Waals surface area (Å²) in [7, 11) is 0. The molecule has 1 fully saturated rings. The van der Waals surface area contributed by atoms with E-state index in [1.165, 1.54) is 6.92 Å². The summed E-state index contributed by atoms with van der Waals surface area (Å²) in [5, 5.41) is 2.87. The maximum atomic E-state index is 11.2. The van der Waals surface area contributed by atoms with E-state index in [-0.39, 0.29) is 17.9 Å². The Kier molecular flexibility index (Phi) is 3.92. The second-order valence-electron chi connectivity index (χ2n) is 3.86. The maximum Gasteiger partial charge on any atom is 0.219 e. The summed E-state index contributed by atoms with van der Waals surface area (Å²) in [6, 6.07) is 0.138. The number of likely N-dealkylation sites (tertiary alicyclic amines) is 1. The summed E-state index contributed by atoms with van der Waals surface area (Å²) in [6.45, 7) is 4.58. The third-order valence-corrected chi connectivity index (χ3v) is 2.52. The molecule has 1 heterocycles. The van der Waals surface area contributed by atoms with Gasteiger partial charge in [-0.3, -0.25) is 9.59 Å². The minimum atomic E-state index is -0.0135. The predicted molar refractivity (Wildman–Crippen MR) is 53.7 cm³/mol. The highest BCUT2D eigenvalue weighted by molar-refractivity contribution is 5.74. The number of carbonyl (C=O) groups excluding carboxylic acids is 2. The molecule has 80 valence electrons. The number of rotatable bonds is 1. The van der Waals surface area contributed by atoms with E-state index in [0.29, 0.717) is 6.54 Å². The van der Waals surface area contributed by atoms with Gasteiger partial charge in [0.25, 0.3) is 0 Å². The van der Waals surface area contributed by atoms with Gasteiger partial charge in [-0.1, -0.05) is 0 Å². The first kappa shape index (κ1) is 11.0. The van der Waals surface area contributed by atoms with Crippen LogP contribution in [0.1, 0.15) is 33.1 Å². The maximum absolute atomic E-state index is 11.2. The first-order valence-corrected chi connectivity index (χ1v) is 5.12. The monoisotopic (exact) mass is 198 g/mol. The lowest BCUT2D eigenvalue weighted by Crippen LogP contribution is -2.43. The van der Waals surface area contributed by atoms with Crippen molar-refractivity contribution in [1.29, 1.82) is 0 Å². The third kappa shape index (κ3) is 3.36. The molecule has 4 heteroatoms. The van der Waals surface area contributed by atoms with Crippen LogP contribution in [-0.4, -0.2) is 35.8 Å². The van der Waals surface area contributed by atoms with Gasteiger partial charge < -0.3 is 10.2 Å². The Hall–Kier alpha value is -1.06. The molecule has 1 rings (SSSR count). The molecule has 0 aromatic heterocycles. The van der Waals surface area contributed by atoms with E-state index in [2.05, 4.69) is 5.32 Å². The zero-order valence-corrected chi connectivity index (χ0v) is 8.88. The zero-order valence-electron chi connectivity index (χ0n) is 8.88. The highest BCUT2D eigenvalue weighted by Gasteiger charge is 2.19. The van der Waals surface area contributed by atoms with Crippen molar-refractivity contribution in [3.8, 4) is 0 Å². The van der Waals surface area contributed by atoms with Crippen molar-refractivity contribution in [2.24, 2.45) is 0 Å². The van der Waals surface area contributed by atoms with Gasteiger partial charge in [0.2, 0.25) is 11.8 Å². The summed E-state index contributed by atoms with van der Waals surface area (Å²) < 4.78 is 0. The molecule has 1 aliphatic heterocycles. The van der Waals surface area contributed by atoms with Crippen molar-refractivity contribution in [3.05, 3.63) is 0 Å². The van der Waals surface area contributed by atoms with Crippen molar-refractivity contribution >= 4 is 11.8 Å². The van der Waals surface area contributed by atoms with Gasteiger partial charge in [-0.2, -0.15) is 0 Å². The SMILES string of the molecule is CC(=O)NC1CCCCN(C(C)=O)C1. The second-order valence-corrected chi connectivity index (χ2v) is 3.86. The van der Waals surface area contributed by atoms with Gasteiger partial charge in [-0.05, 0) is 19.3 Å². The van der Waals surface area contributed by atoms with Crippen LogP contribution in [0, 0.1) is 0 Å². The number of nitrogens with zero attached hydrogens (tertiary/aromatic N) is 1. The molecule has 1 aliphatic rings. The molecule has 0 aliphatic carbocycles. The van der Waals surface area contributed by atoms with Crippen molar-refractivity contribution in [1.82, 2.24) is 10.2 Å². The molecular weight excluding hydrogens is 180 g/mol. The Bertz CT molecular complexity index is 228. The number of carbonyl (C=O) groups is 2. The summed E-state index contributed by atoms with van der Waals surface area (Å²) in [5.74, 6) is 0.0858. The van der Waals surface area contributed by atoms with Crippen molar-refractivity contribution < 1.29 is 9.59 Å². The quantitative estimate of drug-likeness (QED) is 0.668. The minimum Gasteiger partial charge on any atom is -0.352 e. The van der Waals surface area contributed by atoms with E-state index < -0.39 is 0 Å². The van der Waals surface area contributed by atoms with Crippen LogP contribution in [0.2, 0.25) is 0 Å². The first-order chi connectivity index (χ1) is 6.59. The van der Waals surface area contributed by atoms with Crippen LogP contribution < -0.4 is 5.32 Å². The fourth-order valence-electron chi connectivity index (χ4n) is 1.83. The average molecular weight is 198 g/mol. The standard InChI is InChI=1S/C10H18N2O2/c1-8(13)11-10-5-3-4-6-12(7-10)9(2)14/h10H,3-7H2,1-2H3,(H,11,13). The predicted octanol–water partition coefficient (Wildman–Crippen LogP) is 0.524. The Morgan fingerprint density at radius 1 is 1.29 bits per heavy atom.